The molecule has 1 aromatic carbocycles. The first-order valence-electron chi connectivity index (χ1n) is 6.24. The topological polar surface area (TPSA) is 49.8 Å². The normalized spacial score (nSPS) is 12.9. The summed E-state index contributed by atoms with van der Waals surface area (Å²) < 4.78 is 5.35. The quantitative estimate of drug-likeness (QED) is 0.911. The van der Waals surface area contributed by atoms with Gasteiger partial charge in [0.25, 0.3) is 0 Å². The number of halogens is 2. The van der Waals surface area contributed by atoms with E-state index >= 15 is 0 Å². The van der Waals surface area contributed by atoms with E-state index in [1.165, 1.54) is 4.90 Å². The van der Waals surface area contributed by atoms with Crippen LogP contribution in [0.4, 0.5) is 10.5 Å². The smallest absolute Gasteiger partial charge is 0.415 e. The molecule has 0 aliphatic carbocycles. The van der Waals surface area contributed by atoms with Crippen LogP contribution >= 0.6 is 23.2 Å². The Balaban J connectivity index is 3.15. The van der Waals surface area contributed by atoms with E-state index in [9.17, 15) is 9.90 Å². The molecule has 112 valence electrons. The van der Waals surface area contributed by atoms with Crippen LogP contribution in [-0.2, 0) is 4.74 Å². The number of hydrogen-bond donors (Lipinski definition) is 1. The molecule has 0 spiro atoms. The lowest BCUT2D eigenvalue weighted by molar-refractivity contribution is 0.0555. The fraction of sp³-hybridized carbons (Fsp3) is 0.500. The molecule has 0 saturated carbocycles. The highest BCUT2D eigenvalue weighted by Crippen LogP contribution is 2.31. The average molecular weight is 320 g/mol. The second kappa shape index (κ2) is 6.66. The molecular weight excluding hydrogens is 301 g/mol. The van der Waals surface area contributed by atoms with Gasteiger partial charge in [0, 0.05) is 5.02 Å². The van der Waals surface area contributed by atoms with Crippen molar-refractivity contribution in [3.8, 4) is 0 Å². The van der Waals surface area contributed by atoms with Crippen molar-refractivity contribution in [2.24, 2.45) is 0 Å². The van der Waals surface area contributed by atoms with Gasteiger partial charge in [-0.15, -0.1) is 0 Å². The van der Waals surface area contributed by atoms with Crippen LogP contribution in [0.3, 0.4) is 0 Å². The Labute approximate surface area is 129 Å². The highest BCUT2D eigenvalue weighted by molar-refractivity contribution is 6.36. The molecule has 0 aliphatic heterocycles. The zero-order valence-electron chi connectivity index (χ0n) is 12.0. The van der Waals surface area contributed by atoms with Gasteiger partial charge in [-0.3, -0.25) is 4.90 Å². The summed E-state index contributed by atoms with van der Waals surface area (Å²) in [5.74, 6) is 0. The van der Waals surface area contributed by atoms with Gasteiger partial charge < -0.3 is 9.84 Å². The third kappa shape index (κ3) is 4.54. The van der Waals surface area contributed by atoms with Gasteiger partial charge in [0.1, 0.15) is 5.60 Å². The second-order valence-corrected chi connectivity index (χ2v) is 6.32. The number of aliphatic hydroxyl groups excluding tert-OH is 1. The largest absolute Gasteiger partial charge is 0.443 e. The number of nitrogens with zero attached hydrogens (tertiary/aromatic N) is 1. The van der Waals surface area contributed by atoms with Gasteiger partial charge >= 0.3 is 6.09 Å². The fourth-order valence-electron chi connectivity index (χ4n) is 1.59. The minimum Gasteiger partial charge on any atom is -0.443 e. The zero-order chi connectivity index (χ0) is 15.5. The highest BCUT2D eigenvalue weighted by Gasteiger charge is 2.28. The number of rotatable bonds is 3. The maximum absolute atomic E-state index is 12.3. The molecule has 4 nitrogen and oxygen atoms in total. The van der Waals surface area contributed by atoms with Crippen LogP contribution in [0.15, 0.2) is 18.2 Å². The lowest BCUT2D eigenvalue weighted by Crippen LogP contribution is -2.44. The molecule has 0 saturated heterocycles. The van der Waals surface area contributed by atoms with Crippen LogP contribution in [-0.4, -0.2) is 29.4 Å². The summed E-state index contributed by atoms with van der Waals surface area (Å²) in [7, 11) is 0. The second-order valence-electron chi connectivity index (χ2n) is 5.48. The number of anilines is 1. The van der Waals surface area contributed by atoms with Gasteiger partial charge in [-0.05, 0) is 45.9 Å². The molecule has 0 heterocycles. The van der Waals surface area contributed by atoms with E-state index < -0.39 is 17.7 Å². The number of aliphatic hydroxyl groups is 1. The van der Waals surface area contributed by atoms with Gasteiger partial charge in [-0.2, -0.15) is 0 Å². The van der Waals surface area contributed by atoms with Gasteiger partial charge in [-0.25, -0.2) is 4.79 Å². The molecule has 0 fully saturated rings. The van der Waals surface area contributed by atoms with E-state index in [0.717, 1.165) is 0 Å². The number of ether oxygens (including phenoxy) is 1. The lowest BCUT2D eigenvalue weighted by atomic mass is 10.2. The Morgan fingerprint density at radius 1 is 1.40 bits per heavy atom. The van der Waals surface area contributed by atoms with E-state index in [4.69, 9.17) is 27.9 Å². The number of benzene rings is 1. The van der Waals surface area contributed by atoms with E-state index in [1.54, 1.807) is 45.9 Å². The standard InChI is InChI=1S/C14H19Cl2NO3/c1-9(8-18)17(13(19)20-14(2,3)4)12-6-5-10(15)7-11(12)16/h5-7,9,18H,8H2,1-4H3/t9-/m0/s1. The van der Waals surface area contributed by atoms with Crippen LogP contribution in [0.2, 0.25) is 10.0 Å². The maximum atomic E-state index is 12.3. The van der Waals surface area contributed by atoms with E-state index in [-0.39, 0.29) is 6.61 Å². The SMILES string of the molecule is C[C@@H](CO)N(C(=O)OC(C)(C)C)c1ccc(Cl)cc1Cl. The fourth-order valence-corrected chi connectivity index (χ4v) is 2.08. The Kier molecular flexibility index (Phi) is 5.68. The molecule has 0 bridgehead atoms. The van der Waals surface area contributed by atoms with Crippen LogP contribution in [0.1, 0.15) is 27.7 Å². The summed E-state index contributed by atoms with van der Waals surface area (Å²) in [6, 6.07) is 4.33. The first-order valence-corrected chi connectivity index (χ1v) is 6.99. The van der Waals surface area contributed by atoms with Crippen molar-refractivity contribution < 1.29 is 14.6 Å². The van der Waals surface area contributed by atoms with Crippen LogP contribution < -0.4 is 4.90 Å². The maximum Gasteiger partial charge on any atom is 0.415 e. The highest BCUT2D eigenvalue weighted by atomic mass is 35.5. The van der Waals surface area contributed by atoms with E-state index in [1.807, 2.05) is 0 Å². The molecule has 1 N–H and O–H groups in total. The van der Waals surface area contributed by atoms with Gasteiger partial charge in [0.05, 0.1) is 23.4 Å². The summed E-state index contributed by atoms with van der Waals surface area (Å²) in [4.78, 5) is 13.6. The minimum absolute atomic E-state index is 0.210. The van der Waals surface area contributed by atoms with Crippen molar-refractivity contribution >= 4 is 35.0 Å². The van der Waals surface area contributed by atoms with Crippen LogP contribution in [0, 0.1) is 0 Å². The van der Waals surface area contributed by atoms with Gasteiger partial charge in [0.15, 0.2) is 0 Å². The van der Waals surface area contributed by atoms with Crippen LogP contribution in [0.25, 0.3) is 0 Å². The summed E-state index contributed by atoms with van der Waals surface area (Å²) in [6.07, 6.45) is -0.566. The molecule has 1 amide bonds. The molecule has 1 atom stereocenters. The Morgan fingerprint density at radius 3 is 2.45 bits per heavy atom. The molecule has 1 aromatic rings. The molecular formula is C14H19Cl2NO3. The average Bonchev–Trinajstić information content (AvgIpc) is 2.29. The van der Waals surface area contributed by atoms with Crippen LogP contribution in [0.5, 0.6) is 0 Å². The summed E-state index contributed by atoms with van der Waals surface area (Å²) >= 11 is 12.0. The first-order chi connectivity index (χ1) is 9.15. The predicted octanol–water partition coefficient (Wildman–Crippen LogP) is 4.12. The molecule has 0 aromatic heterocycles. The molecule has 6 heteroatoms. The summed E-state index contributed by atoms with van der Waals surface area (Å²) in [5.41, 5.74) is -0.185. The van der Waals surface area contributed by atoms with Crippen molar-refractivity contribution in [3.63, 3.8) is 0 Å². The van der Waals surface area contributed by atoms with E-state index in [2.05, 4.69) is 0 Å². The number of amides is 1. The number of carbonyl (C=O) groups excluding carboxylic acids is 1. The lowest BCUT2D eigenvalue weighted by Gasteiger charge is -2.31. The van der Waals surface area contributed by atoms with Crippen molar-refractivity contribution in [3.05, 3.63) is 28.2 Å². The van der Waals surface area contributed by atoms with Crippen molar-refractivity contribution in [1.82, 2.24) is 0 Å². The van der Waals surface area contributed by atoms with Gasteiger partial charge in [-0.1, -0.05) is 23.2 Å². The molecule has 0 aliphatic rings. The Hall–Kier alpha value is -0.970. The first kappa shape index (κ1) is 17.1. The monoisotopic (exact) mass is 319 g/mol. The third-order valence-corrected chi connectivity index (χ3v) is 3.00. The molecule has 20 heavy (non-hydrogen) atoms. The third-order valence-electron chi connectivity index (χ3n) is 2.46. The molecule has 0 unspecified atom stereocenters. The number of carbonyl (C=O) groups is 1. The van der Waals surface area contributed by atoms with E-state index in [0.29, 0.717) is 15.7 Å². The Morgan fingerprint density at radius 2 is 2.00 bits per heavy atom. The molecule has 1 rings (SSSR count). The summed E-state index contributed by atoms with van der Waals surface area (Å²) in [5, 5.41) is 10.1. The predicted molar refractivity (Wildman–Crippen MR) is 81.7 cm³/mol. The van der Waals surface area contributed by atoms with Crippen molar-refractivity contribution in [2.75, 3.05) is 11.5 Å². The van der Waals surface area contributed by atoms with Crippen molar-refractivity contribution in [2.45, 2.75) is 39.3 Å². The van der Waals surface area contributed by atoms with Gasteiger partial charge in [0.2, 0.25) is 0 Å². The molecule has 0 radical (unpaired) electrons. The van der Waals surface area contributed by atoms with Crippen molar-refractivity contribution in [1.29, 1.82) is 0 Å². The summed E-state index contributed by atoms with van der Waals surface area (Å²) in [6.45, 7) is 6.82. The Bertz CT molecular complexity index is 486. The zero-order valence-corrected chi connectivity index (χ0v) is 13.5. The number of hydrogen-bond acceptors (Lipinski definition) is 3. The minimum atomic E-state index is -0.636.